The molecule has 0 unspecified atom stereocenters. The monoisotopic (exact) mass is 375 g/mol. The first-order valence-corrected chi connectivity index (χ1v) is 9.78. The van der Waals surface area contributed by atoms with E-state index in [9.17, 15) is 4.79 Å². The fourth-order valence-corrected chi connectivity index (χ4v) is 3.59. The summed E-state index contributed by atoms with van der Waals surface area (Å²) in [6.45, 7) is 4.09. The van der Waals surface area contributed by atoms with Gasteiger partial charge in [-0.05, 0) is 24.1 Å². The van der Waals surface area contributed by atoms with Crippen LogP contribution in [0.2, 0.25) is 0 Å². The summed E-state index contributed by atoms with van der Waals surface area (Å²) in [6, 6.07) is 20.3. The molecule has 0 radical (unpaired) electrons. The van der Waals surface area contributed by atoms with Crippen molar-refractivity contribution in [1.82, 2.24) is 24.8 Å². The largest absolute Gasteiger partial charge is 0.340 e. The predicted octanol–water partition coefficient (Wildman–Crippen LogP) is 2.54. The third-order valence-electron chi connectivity index (χ3n) is 5.20. The van der Waals surface area contributed by atoms with Gasteiger partial charge in [0.2, 0.25) is 5.91 Å². The number of carbonyl (C=O) groups excluding carboxylic acids is 1. The van der Waals surface area contributed by atoms with Gasteiger partial charge >= 0.3 is 0 Å². The molecule has 1 fully saturated rings. The summed E-state index contributed by atoms with van der Waals surface area (Å²) in [7, 11) is 0. The minimum absolute atomic E-state index is 0.250. The van der Waals surface area contributed by atoms with Gasteiger partial charge in [-0.3, -0.25) is 9.69 Å². The van der Waals surface area contributed by atoms with E-state index in [1.807, 2.05) is 64.3 Å². The highest BCUT2D eigenvalue weighted by atomic mass is 16.2. The number of hydrogen-bond donors (Lipinski definition) is 0. The van der Waals surface area contributed by atoms with E-state index in [4.69, 9.17) is 0 Å². The molecule has 0 aliphatic carbocycles. The van der Waals surface area contributed by atoms with Gasteiger partial charge in [0.1, 0.15) is 0 Å². The lowest BCUT2D eigenvalue weighted by atomic mass is 10.1. The Labute approximate surface area is 165 Å². The molecule has 1 amide bonds. The number of hydrogen-bond acceptors (Lipinski definition) is 4. The molecular formula is C22H25N5O. The Balaban J connectivity index is 1.28. The van der Waals surface area contributed by atoms with Crippen LogP contribution in [0.1, 0.15) is 17.7 Å². The fraction of sp³-hybridized carbons (Fsp3) is 0.318. The van der Waals surface area contributed by atoms with Gasteiger partial charge in [-0.15, -0.1) is 5.10 Å². The Morgan fingerprint density at radius 3 is 2.29 bits per heavy atom. The molecule has 3 aromatic rings. The Morgan fingerprint density at radius 2 is 1.57 bits per heavy atom. The van der Waals surface area contributed by atoms with Crippen molar-refractivity contribution in [2.24, 2.45) is 0 Å². The second kappa shape index (κ2) is 8.80. The zero-order valence-corrected chi connectivity index (χ0v) is 15.9. The van der Waals surface area contributed by atoms with Crippen LogP contribution in [0.5, 0.6) is 0 Å². The number of aryl methyl sites for hydroxylation is 1. The molecule has 1 aliphatic rings. The molecule has 1 saturated heterocycles. The van der Waals surface area contributed by atoms with Crippen LogP contribution >= 0.6 is 0 Å². The first kappa shape index (κ1) is 18.4. The topological polar surface area (TPSA) is 54.3 Å². The molecule has 6 heteroatoms. The van der Waals surface area contributed by atoms with Crippen LogP contribution in [-0.2, 0) is 17.8 Å². The lowest BCUT2D eigenvalue weighted by molar-refractivity contribution is -0.133. The van der Waals surface area contributed by atoms with Crippen LogP contribution in [0.4, 0.5) is 0 Å². The Morgan fingerprint density at radius 1 is 0.893 bits per heavy atom. The SMILES string of the molecule is O=C(CCc1ccccc1)N1CCN(Cc2cnnn2-c2ccccc2)CC1. The highest BCUT2D eigenvalue weighted by molar-refractivity contribution is 5.76. The van der Waals surface area contributed by atoms with E-state index in [2.05, 4.69) is 27.3 Å². The van der Waals surface area contributed by atoms with Crippen molar-refractivity contribution in [2.75, 3.05) is 26.2 Å². The van der Waals surface area contributed by atoms with Crippen LogP contribution in [0.15, 0.2) is 66.9 Å². The van der Waals surface area contributed by atoms with Crippen LogP contribution in [0.3, 0.4) is 0 Å². The van der Waals surface area contributed by atoms with Gasteiger partial charge < -0.3 is 4.90 Å². The van der Waals surface area contributed by atoms with Crippen molar-refractivity contribution in [3.8, 4) is 5.69 Å². The van der Waals surface area contributed by atoms with E-state index >= 15 is 0 Å². The average molecular weight is 375 g/mol. The highest BCUT2D eigenvalue weighted by Crippen LogP contribution is 2.13. The first-order valence-electron chi connectivity index (χ1n) is 9.78. The first-order chi connectivity index (χ1) is 13.8. The van der Waals surface area contributed by atoms with E-state index < -0.39 is 0 Å². The number of amides is 1. The number of rotatable bonds is 6. The normalized spacial score (nSPS) is 14.9. The molecule has 2 aromatic carbocycles. The van der Waals surface area contributed by atoms with E-state index in [1.54, 1.807) is 0 Å². The molecule has 0 saturated carbocycles. The molecule has 0 bridgehead atoms. The minimum Gasteiger partial charge on any atom is -0.340 e. The molecule has 1 aromatic heterocycles. The van der Waals surface area contributed by atoms with Gasteiger partial charge in [0.15, 0.2) is 0 Å². The van der Waals surface area contributed by atoms with Crippen LogP contribution < -0.4 is 0 Å². The number of carbonyl (C=O) groups is 1. The number of benzene rings is 2. The Hall–Kier alpha value is -2.99. The van der Waals surface area contributed by atoms with Crippen molar-refractivity contribution in [3.63, 3.8) is 0 Å². The molecule has 28 heavy (non-hydrogen) atoms. The van der Waals surface area contributed by atoms with E-state index in [0.29, 0.717) is 6.42 Å². The van der Waals surface area contributed by atoms with Crippen molar-refractivity contribution >= 4 is 5.91 Å². The summed E-state index contributed by atoms with van der Waals surface area (Å²) in [5, 5.41) is 8.31. The van der Waals surface area contributed by atoms with E-state index in [1.165, 1.54) is 5.56 Å². The van der Waals surface area contributed by atoms with Gasteiger partial charge in [0.25, 0.3) is 0 Å². The van der Waals surface area contributed by atoms with E-state index in [-0.39, 0.29) is 5.91 Å². The van der Waals surface area contributed by atoms with Gasteiger partial charge in [-0.2, -0.15) is 0 Å². The standard InChI is InChI=1S/C22H25N5O/c28-22(12-11-19-7-3-1-4-8-19)26-15-13-25(14-16-26)18-21-17-23-24-27(21)20-9-5-2-6-10-20/h1-10,17H,11-16,18H2. The second-order valence-electron chi connectivity index (χ2n) is 7.12. The number of nitrogens with zero attached hydrogens (tertiary/aromatic N) is 5. The summed E-state index contributed by atoms with van der Waals surface area (Å²) in [5.41, 5.74) is 3.30. The van der Waals surface area contributed by atoms with Crippen LogP contribution in [0, 0.1) is 0 Å². The molecule has 0 N–H and O–H groups in total. The maximum Gasteiger partial charge on any atom is 0.222 e. The molecule has 2 heterocycles. The third-order valence-corrected chi connectivity index (χ3v) is 5.20. The molecule has 4 rings (SSSR count). The van der Waals surface area contributed by atoms with Gasteiger partial charge in [0, 0.05) is 39.1 Å². The highest BCUT2D eigenvalue weighted by Gasteiger charge is 2.22. The maximum absolute atomic E-state index is 12.5. The molecule has 6 nitrogen and oxygen atoms in total. The van der Waals surface area contributed by atoms with Gasteiger partial charge in [-0.25, -0.2) is 4.68 Å². The van der Waals surface area contributed by atoms with Crippen molar-refractivity contribution < 1.29 is 4.79 Å². The maximum atomic E-state index is 12.5. The number of piperazine rings is 1. The second-order valence-corrected chi connectivity index (χ2v) is 7.12. The lowest BCUT2D eigenvalue weighted by Crippen LogP contribution is -2.48. The molecule has 1 aliphatic heterocycles. The molecule has 0 atom stereocenters. The number of para-hydroxylation sites is 1. The van der Waals surface area contributed by atoms with Crippen molar-refractivity contribution in [2.45, 2.75) is 19.4 Å². The summed E-state index contributed by atoms with van der Waals surface area (Å²) < 4.78 is 1.89. The quantitative estimate of drug-likeness (QED) is 0.664. The zero-order valence-electron chi connectivity index (χ0n) is 15.9. The minimum atomic E-state index is 0.250. The summed E-state index contributed by atoms with van der Waals surface area (Å²) in [4.78, 5) is 16.9. The molecule has 0 spiro atoms. The van der Waals surface area contributed by atoms with Crippen LogP contribution in [-0.4, -0.2) is 56.9 Å². The predicted molar refractivity (Wildman–Crippen MR) is 108 cm³/mol. The summed E-state index contributed by atoms with van der Waals surface area (Å²) in [6.07, 6.45) is 3.21. The van der Waals surface area contributed by atoms with E-state index in [0.717, 1.165) is 50.5 Å². The lowest BCUT2D eigenvalue weighted by Gasteiger charge is -2.34. The average Bonchev–Trinajstić information content (AvgIpc) is 3.22. The van der Waals surface area contributed by atoms with Gasteiger partial charge in [-0.1, -0.05) is 53.7 Å². The summed E-state index contributed by atoms with van der Waals surface area (Å²) in [5.74, 6) is 0.250. The Kier molecular flexibility index (Phi) is 5.77. The molecular weight excluding hydrogens is 350 g/mol. The fourth-order valence-electron chi connectivity index (χ4n) is 3.59. The van der Waals surface area contributed by atoms with Crippen LogP contribution in [0.25, 0.3) is 5.69 Å². The van der Waals surface area contributed by atoms with Crippen molar-refractivity contribution in [1.29, 1.82) is 0 Å². The zero-order chi connectivity index (χ0) is 19.2. The van der Waals surface area contributed by atoms with Crippen molar-refractivity contribution in [3.05, 3.63) is 78.1 Å². The smallest absolute Gasteiger partial charge is 0.222 e. The Bertz CT molecular complexity index is 886. The van der Waals surface area contributed by atoms with Gasteiger partial charge in [0.05, 0.1) is 17.6 Å². The molecule has 144 valence electrons. The third kappa shape index (κ3) is 4.46. The summed E-state index contributed by atoms with van der Waals surface area (Å²) >= 11 is 0. The number of aromatic nitrogens is 3.